The van der Waals surface area contributed by atoms with E-state index < -0.39 is 45.6 Å². The summed E-state index contributed by atoms with van der Waals surface area (Å²) in [7, 11) is -2.95. The topological polar surface area (TPSA) is 125 Å². The van der Waals surface area contributed by atoms with Crippen molar-refractivity contribution in [2.45, 2.75) is 95.2 Å². The molecule has 2 aliphatic rings. The third kappa shape index (κ3) is 7.30. The van der Waals surface area contributed by atoms with Gasteiger partial charge in [0.05, 0.1) is 4.90 Å². The van der Waals surface area contributed by atoms with E-state index in [2.05, 4.69) is 10.4 Å². The minimum Gasteiger partial charge on any atom is -0.444 e. The summed E-state index contributed by atoms with van der Waals surface area (Å²) in [5, 5.41) is 7.79. The summed E-state index contributed by atoms with van der Waals surface area (Å²) < 4.78 is 32.2. The molecule has 0 spiro atoms. The second-order valence-electron chi connectivity index (χ2n) is 10.8. The summed E-state index contributed by atoms with van der Waals surface area (Å²) in [6, 6.07) is 4.09. The molecule has 3 amide bonds. The van der Waals surface area contributed by atoms with Crippen LogP contribution in [-0.4, -0.2) is 66.6 Å². The van der Waals surface area contributed by atoms with Gasteiger partial charge in [-0.2, -0.15) is 5.10 Å². The molecule has 1 aliphatic heterocycles. The minimum absolute atomic E-state index is 0.0208. The molecule has 0 bridgehead atoms. The highest BCUT2D eigenvalue weighted by Crippen LogP contribution is 2.29. The molecule has 11 heteroatoms. The predicted molar refractivity (Wildman–Crippen MR) is 139 cm³/mol. The lowest BCUT2D eigenvalue weighted by Crippen LogP contribution is -2.54. The molecule has 3 rings (SSSR count). The largest absolute Gasteiger partial charge is 0.444 e. The van der Waals surface area contributed by atoms with Gasteiger partial charge in [0.1, 0.15) is 17.7 Å². The zero-order chi connectivity index (χ0) is 27.4. The van der Waals surface area contributed by atoms with Crippen LogP contribution in [0.25, 0.3) is 0 Å². The van der Waals surface area contributed by atoms with E-state index in [0.29, 0.717) is 10.7 Å². The molecule has 1 aromatic carbocycles. The van der Waals surface area contributed by atoms with Crippen molar-refractivity contribution in [2.75, 3.05) is 7.05 Å². The quantitative estimate of drug-likeness (QED) is 0.570. The number of ether oxygens (including phenoxy) is 1. The zero-order valence-corrected chi connectivity index (χ0v) is 23.1. The van der Waals surface area contributed by atoms with Crippen LogP contribution in [0, 0.1) is 12.8 Å². The highest BCUT2D eigenvalue weighted by atomic mass is 32.2. The summed E-state index contributed by atoms with van der Waals surface area (Å²) in [6.45, 7) is 7.02. The molecule has 1 N–H and O–H groups in total. The van der Waals surface area contributed by atoms with Gasteiger partial charge >= 0.3 is 6.09 Å². The molecular weight excluding hydrogens is 496 g/mol. The van der Waals surface area contributed by atoms with Crippen molar-refractivity contribution >= 4 is 34.1 Å². The van der Waals surface area contributed by atoms with Crippen LogP contribution >= 0.6 is 0 Å². The molecular formula is C26H38N4O6S. The maximum atomic E-state index is 13.6. The molecule has 10 nitrogen and oxygen atoms in total. The number of aryl methyl sites for hydroxylation is 1. The molecule has 0 aromatic heterocycles. The summed E-state index contributed by atoms with van der Waals surface area (Å²) in [5.41, 5.74) is 0.134. The molecule has 1 aromatic rings. The first-order chi connectivity index (χ1) is 17.3. The molecule has 1 heterocycles. The first-order valence-electron chi connectivity index (χ1n) is 12.7. The van der Waals surface area contributed by atoms with Crippen molar-refractivity contribution in [1.82, 2.24) is 14.6 Å². The van der Waals surface area contributed by atoms with E-state index in [4.69, 9.17) is 4.74 Å². The molecule has 37 heavy (non-hydrogen) atoms. The van der Waals surface area contributed by atoms with Gasteiger partial charge in [0.25, 0.3) is 21.8 Å². The number of alkyl carbamates (subject to hydrolysis) is 1. The Labute approximate surface area is 219 Å². The first-order valence-corrected chi connectivity index (χ1v) is 14.2. The van der Waals surface area contributed by atoms with Crippen LogP contribution in [0.15, 0.2) is 34.3 Å². The van der Waals surface area contributed by atoms with Gasteiger partial charge in [-0.3, -0.25) is 9.59 Å². The number of likely N-dealkylation sites (N-methyl/N-ethyl adjacent to an activating group) is 1. The Bertz CT molecular complexity index is 1120. The number of sulfonamides is 1. The average Bonchev–Trinajstić information content (AvgIpc) is 3.32. The predicted octanol–water partition coefficient (Wildman–Crippen LogP) is 3.59. The first kappa shape index (κ1) is 28.6. The Hall–Kier alpha value is -2.95. The van der Waals surface area contributed by atoms with Crippen molar-refractivity contribution in [3.05, 3.63) is 29.8 Å². The van der Waals surface area contributed by atoms with Gasteiger partial charge in [-0.1, -0.05) is 49.8 Å². The van der Waals surface area contributed by atoms with Crippen molar-refractivity contribution in [2.24, 2.45) is 11.0 Å². The molecule has 1 saturated carbocycles. The fraction of sp³-hybridized carbons (Fsp3) is 0.615. The lowest BCUT2D eigenvalue weighted by atomic mass is 9.84. The fourth-order valence-corrected chi connectivity index (χ4v) is 5.77. The standard InChI is InChI=1S/C26H38N4O6S/c1-18-11-13-20(14-12-18)37(34,35)29(5)24(32)22-15-16-27-30(22)23(31)21(17-19-9-7-6-8-10-19)28-25(33)36-26(2,3)4/h11-14,16,19,21-22H,6-10,15,17H2,1-5H3,(H,28,33)/t21-,22?/m0/s1. The molecule has 0 radical (unpaired) electrons. The number of hydrogen-bond donors (Lipinski definition) is 1. The van der Waals surface area contributed by atoms with Crippen molar-refractivity contribution in [3.8, 4) is 0 Å². The second kappa shape index (κ2) is 11.6. The van der Waals surface area contributed by atoms with E-state index in [1.807, 2.05) is 6.92 Å². The normalized spacial score (nSPS) is 19.4. The van der Waals surface area contributed by atoms with Gasteiger partial charge in [0, 0.05) is 19.7 Å². The van der Waals surface area contributed by atoms with Gasteiger partial charge in [-0.25, -0.2) is 22.5 Å². The maximum Gasteiger partial charge on any atom is 0.408 e. The zero-order valence-electron chi connectivity index (χ0n) is 22.3. The molecule has 1 unspecified atom stereocenters. The van der Waals surface area contributed by atoms with E-state index in [-0.39, 0.29) is 17.2 Å². The molecule has 1 aliphatic carbocycles. The molecule has 2 atom stereocenters. The smallest absolute Gasteiger partial charge is 0.408 e. The third-order valence-corrected chi connectivity index (χ3v) is 8.38. The average molecular weight is 535 g/mol. The monoisotopic (exact) mass is 534 g/mol. The number of benzene rings is 1. The van der Waals surface area contributed by atoms with Crippen LogP contribution in [0.2, 0.25) is 0 Å². The Morgan fingerprint density at radius 2 is 1.76 bits per heavy atom. The highest BCUT2D eigenvalue weighted by molar-refractivity contribution is 7.89. The van der Waals surface area contributed by atoms with E-state index in [1.54, 1.807) is 32.9 Å². The van der Waals surface area contributed by atoms with Crippen LogP contribution in [0.1, 0.15) is 71.3 Å². The van der Waals surface area contributed by atoms with Gasteiger partial charge in [0.15, 0.2) is 0 Å². The van der Waals surface area contributed by atoms with Crippen LogP contribution in [0.4, 0.5) is 4.79 Å². The summed E-state index contributed by atoms with van der Waals surface area (Å²) in [6.07, 6.45) is 6.30. The summed E-state index contributed by atoms with van der Waals surface area (Å²) in [4.78, 5) is 39.5. The van der Waals surface area contributed by atoms with Crippen molar-refractivity contribution in [1.29, 1.82) is 0 Å². The Morgan fingerprint density at radius 1 is 1.14 bits per heavy atom. The number of nitrogens with zero attached hydrogens (tertiary/aromatic N) is 3. The summed E-state index contributed by atoms with van der Waals surface area (Å²) in [5.74, 6) is -1.10. The van der Waals surface area contributed by atoms with Gasteiger partial charge < -0.3 is 10.1 Å². The maximum absolute atomic E-state index is 13.6. The van der Waals surface area contributed by atoms with Crippen molar-refractivity contribution in [3.63, 3.8) is 0 Å². The van der Waals surface area contributed by atoms with Crippen LogP contribution in [0.5, 0.6) is 0 Å². The van der Waals surface area contributed by atoms with Crippen LogP contribution in [-0.2, 0) is 24.3 Å². The number of carbonyl (C=O) groups is 3. The lowest BCUT2D eigenvalue weighted by Gasteiger charge is -2.31. The minimum atomic E-state index is -4.12. The van der Waals surface area contributed by atoms with Crippen molar-refractivity contribution < 1.29 is 27.5 Å². The fourth-order valence-electron chi connectivity index (χ4n) is 4.61. The van der Waals surface area contributed by atoms with E-state index in [9.17, 15) is 22.8 Å². The number of hydrogen-bond acceptors (Lipinski definition) is 7. The molecule has 0 saturated heterocycles. The third-order valence-electron chi connectivity index (χ3n) is 6.61. The number of amides is 3. The van der Waals surface area contributed by atoms with Gasteiger partial charge in [-0.05, 0) is 52.2 Å². The second-order valence-corrected chi connectivity index (χ2v) is 12.8. The SMILES string of the molecule is Cc1ccc(S(=O)(=O)N(C)C(=O)C2CC=NN2C(=O)[C@H](CC2CCCCC2)NC(=O)OC(C)(C)C)cc1. The van der Waals surface area contributed by atoms with E-state index >= 15 is 0 Å². The van der Waals surface area contributed by atoms with E-state index in [0.717, 1.165) is 42.7 Å². The number of nitrogens with one attached hydrogen (secondary N) is 1. The summed E-state index contributed by atoms with van der Waals surface area (Å²) >= 11 is 0. The molecule has 204 valence electrons. The van der Waals surface area contributed by atoms with Gasteiger partial charge in [0.2, 0.25) is 0 Å². The lowest BCUT2D eigenvalue weighted by molar-refractivity contribution is -0.143. The van der Waals surface area contributed by atoms with E-state index in [1.165, 1.54) is 25.4 Å². The van der Waals surface area contributed by atoms with Gasteiger partial charge in [-0.15, -0.1) is 0 Å². The van der Waals surface area contributed by atoms with Crippen LogP contribution in [0.3, 0.4) is 0 Å². The number of rotatable bonds is 7. The highest BCUT2D eigenvalue weighted by Gasteiger charge is 2.41. The number of hydrazone groups is 1. The number of carbonyl (C=O) groups excluding carboxylic acids is 3. The Morgan fingerprint density at radius 3 is 2.35 bits per heavy atom. The van der Waals surface area contributed by atoms with Crippen LogP contribution < -0.4 is 5.32 Å². The Kier molecular flexibility index (Phi) is 8.99. The molecule has 1 fully saturated rings. The Balaban J connectivity index is 1.79.